The molecule has 4 rings (SSSR count). The summed E-state index contributed by atoms with van der Waals surface area (Å²) >= 11 is 1.58. The Morgan fingerprint density at radius 1 is 1.07 bits per heavy atom. The van der Waals surface area contributed by atoms with Gasteiger partial charge in [-0.1, -0.05) is 30.3 Å². The van der Waals surface area contributed by atoms with Crippen LogP contribution in [0, 0.1) is 5.92 Å². The maximum Gasteiger partial charge on any atom is 0.246 e. The Labute approximate surface area is 167 Å². The number of piperidine rings is 1. The van der Waals surface area contributed by atoms with Crippen LogP contribution in [-0.4, -0.2) is 50.9 Å². The maximum atomic E-state index is 13.0. The minimum absolute atomic E-state index is 0.0454. The Morgan fingerprint density at radius 2 is 1.75 bits per heavy atom. The van der Waals surface area contributed by atoms with Crippen LogP contribution >= 0.6 is 11.8 Å². The molecule has 2 heterocycles. The maximum absolute atomic E-state index is 13.0. The van der Waals surface area contributed by atoms with Gasteiger partial charge in [0.2, 0.25) is 5.91 Å². The summed E-state index contributed by atoms with van der Waals surface area (Å²) in [6.07, 6.45) is 3.62. The van der Waals surface area contributed by atoms with Crippen molar-refractivity contribution < 1.29 is 9.59 Å². The molecule has 1 aliphatic rings. The molecule has 2 aromatic carbocycles. The van der Waals surface area contributed by atoms with E-state index in [4.69, 9.17) is 0 Å². The van der Waals surface area contributed by atoms with Gasteiger partial charge in [0.15, 0.2) is 5.78 Å². The first-order valence-electron chi connectivity index (χ1n) is 9.40. The third kappa shape index (κ3) is 3.80. The predicted molar refractivity (Wildman–Crippen MR) is 109 cm³/mol. The highest BCUT2D eigenvalue weighted by Gasteiger charge is 2.30. The van der Waals surface area contributed by atoms with E-state index in [1.54, 1.807) is 16.7 Å². The number of hydrogen-bond acceptors (Lipinski definition) is 5. The summed E-state index contributed by atoms with van der Waals surface area (Å²) in [4.78, 5) is 30.0. The van der Waals surface area contributed by atoms with Crippen molar-refractivity contribution >= 4 is 34.5 Å². The first kappa shape index (κ1) is 18.7. The molecule has 6 nitrogen and oxygen atoms in total. The lowest BCUT2D eigenvalue weighted by Crippen LogP contribution is -2.44. The van der Waals surface area contributed by atoms with Crippen molar-refractivity contribution in [3.05, 3.63) is 54.1 Å². The molecule has 144 valence electrons. The van der Waals surface area contributed by atoms with E-state index < -0.39 is 0 Å². The second kappa shape index (κ2) is 8.14. The predicted octanol–water partition coefficient (Wildman–Crippen LogP) is 3.27. The van der Waals surface area contributed by atoms with Gasteiger partial charge in [-0.05, 0) is 37.3 Å². The van der Waals surface area contributed by atoms with Crippen LogP contribution in [0.3, 0.4) is 0 Å². The monoisotopic (exact) mass is 394 g/mol. The number of carbonyl (C=O) groups excluding carboxylic acids is 2. The van der Waals surface area contributed by atoms with Crippen LogP contribution in [0.1, 0.15) is 23.2 Å². The fraction of sp³-hybridized carbons (Fsp3) is 0.333. The van der Waals surface area contributed by atoms with E-state index in [2.05, 4.69) is 10.2 Å². The molecular formula is C21H22N4O2S. The summed E-state index contributed by atoms with van der Waals surface area (Å²) in [5.74, 6) is -0.0722. The average molecular weight is 395 g/mol. The number of rotatable bonds is 5. The third-order valence-electron chi connectivity index (χ3n) is 5.12. The van der Waals surface area contributed by atoms with Gasteiger partial charge in [-0.25, -0.2) is 0 Å². The third-order valence-corrected chi connectivity index (χ3v) is 5.92. The van der Waals surface area contributed by atoms with Gasteiger partial charge in [-0.15, -0.1) is 11.8 Å². The van der Waals surface area contributed by atoms with Crippen molar-refractivity contribution in [2.45, 2.75) is 24.3 Å². The molecule has 1 aromatic heterocycles. The van der Waals surface area contributed by atoms with Crippen LogP contribution in [0.25, 0.3) is 11.0 Å². The Morgan fingerprint density at radius 3 is 2.46 bits per heavy atom. The van der Waals surface area contributed by atoms with Crippen LogP contribution in [0.4, 0.5) is 0 Å². The first-order chi connectivity index (χ1) is 13.7. The van der Waals surface area contributed by atoms with Crippen LogP contribution in [0.2, 0.25) is 0 Å². The van der Waals surface area contributed by atoms with Crippen molar-refractivity contribution in [2.75, 3.05) is 19.3 Å². The topological polar surface area (TPSA) is 68.1 Å². The minimum atomic E-state index is -0.157. The van der Waals surface area contributed by atoms with Crippen LogP contribution in [0.15, 0.2) is 53.4 Å². The van der Waals surface area contributed by atoms with Crippen LogP contribution in [0.5, 0.6) is 0 Å². The largest absolute Gasteiger partial charge is 0.340 e. The summed E-state index contributed by atoms with van der Waals surface area (Å²) in [6, 6.07) is 15.2. The zero-order valence-corrected chi connectivity index (χ0v) is 16.6. The lowest BCUT2D eigenvalue weighted by Gasteiger charge is -2.32. The molecule has 28 heavy (non-hydrogen) atoms. The average Bonchev–Trinajstić information content (AvgIpc) is 3.15. The number of fused-ring (bicyclic) bond motifs is 1. The first-order valence-corrected chi connectivity index (χ1v) is 10.6. The molecule has 1 amide bonds. The van der Waals surface area contributed by atoms with Gasteiger partial charge in [-0.2, -0.15) is 15.0 Å². The Bertz CT molecular complexity index is 983. The fourth-order valence-electron chi connectivity index (χ4n) is 3.68. The van der Waals surface area contributed by atoms with Gasteiger partial charge >= 0.3 is 0 Å². The molecule has 1 fully saturated rings. The fourth-order valence-corrected chi connectivity index (χ4v) is 4.29. The molecular weight excluding hydrogens is 372 g/mol. The quantitative estimate of drug-likeness (QED) is 0.491. The SMILES string of the molecule is CSc1ccccc1C(=O)[C@H]1CCCN(C(=O)Cn2nc3ccccc3n2)C1. The van der Waals surface area contributed by atoms with Gasteiger partial charge in [-0.3, -0.25) is 9.59 Å². The number of hydrogen-bond donors (Lipinski definition) is 0. The summed E-state index contributed by atoms with van der Waals surface area (Å²) < 4.78 is 0. The van der Waals surface area contributed by atoms with Crippen molar-refractivity contribution in [2.24, 2.45) is 5.92 Å². The summed E-state index contributed by atoms with van der Waals surface area (Å²) in [5.41, 5.74) is 2.31. The lowest BCUT2D eigenvalue weighted by atomic mass is 9.90. The molecule has 0 spiro atoms. The molecule has 1 aliphatic heterocycles. The van der Waals surface area contributed by atoms with Crippen molar-refractivity contribution in [1.82, 2.24) is 19.9 Å². The molecule has 0 bridgehead atoms. The van der Waals surface area contributed by atoms with Gasteiger partial charge < -0.3 is 4.90 Å². The smallest absolute Gasteiger partial charge is 0.246 e. The number of aromatic nitrogens is 3. The second-order valence-electron chi connectivity index (χ2n) is 6.96. The second-order valence-corrected chi connectivity index (χ2v) is 7.81. The van der Waals surface area contributed by atoms with E-state index in [9.17, 15) is 9.59 Å². The number of Topliss-reactive ketones (excluding diaryl/α,β-unsaturated/α-hetero) is 1. The van der Waals surface area contributed by atoms with Gasteiger partial charge in [0, 0.05) is 29.5 Å². The van der Waals surface area contributed by atoms with Crippen molar-refractivity contribution in [1.29, 1.82) is 0 Å². The van der Waals surface area contributed by atoms with Crippen molar-refractivity contribution in [3.8, 4) is 0 Å². The number of benzene rings is 2. The van der Waals surface area contributed by atoms with E-state index in [0.29, 0.717) is 13.1 Å². The standard InChI is InChI=1S/C21H22N4O2S/c1-28-19-11-5-2-8-16(19)21(27)15-7-6-12-24(13-15)20(26)14-25-22-17-9-3-4-10-18(17)23-25/h2-5,8-11,15H,6-7,12-14H2,1H3/t15-/m0/s1. The van der Waals surface area contributed by atoms with E-state index in [0.717, 1.165) is 34.3 Å². The highest BCUT2D eigenvalue weighted by Crippen LogP contribution is 2.27. The summed E-state index contributed by atoms with van der Waals surface area (Å²) in [6.45, 7) is 1.23. The van der Waals surface area contributed by atoms with E-state index in [-0.39, 0.29) is 24.2 Å². The molecule has 0 radical (unpaired) electrons. The van der Waals surface area contributed by atoms with Crippen LogP contribution < -0.4 is 0 Å². The molecule has 7 heteroatoms. The van der Waals surface area contributed by atoms with E-state index >= 15 is 0 Å². The highest BCUT2D eigenvalue weighted by atomic mass is 32.2. The zero-order chi connectivity index (χ0) is 19.5. The number of thioether (sulfide) groups is 1. The molecule has 0 N–H and O–H groups in total. The normalized spacial score (nSPS) is 17.0. The summed E-state index contributed by atoms with van der Waals surface area (Å²) in [5, 5.41) is 8.72. The number of amides is 1. The minimum Gasteiger partial charge on any atom is -0.340 e. The Kier molecular flexibility index (Phi) is 5.43. The van der Waals surface area contributed by atoms with E-state index in [1.807, 2.05) is 54.8 Å². The van der Waals surface area contributed by atoms with Crippen molar-refractivity contribution in [3.63, 3.8) is 0 Å². The molecule has 0 aliphatic carbocycles. The van der Waals surface area contributed by atoms with E-state index in [1.165, 1.54) is 4.80 Å². The molecule has 1 atom stereocenters. The Balaban J connectivity index is 1.45. The highest BCUT2D eigenvalue weighted by molar-refractivity contribution is 7.98. The van der Waals surface area contributed by atoms with Crippen LogP contribution in [-0.2, 0) is 11.3 Å². The summed E-state index contributed by atoms with van der Waals surface area (Å²) in [7, 11) is 0. The van der Waals surface area contributed by atoms with Gasteiger partial charge in [0.1, 0.15) is 17.6 Å². The number of nitrogens with zero attached hydrogens (tertiary/aromatic N) is 4. The number of carbonyl (C=O) groups is 2. The van der Waals surface area contributed by atoms with Gasteiger partial charge in [0.05, 0.1) is 0 Å². The van der Waals surface area contributed by atoms with Gasteiger partial charge in [0.25, 0.3) is 0 Å². The number of likely N-dealkylation sites (tertiary alicyclic amines) is 1. The zero-order valence-electron chi connectivity index (χ0n) is 15.7. The number of ketones is 1. The molecule has 0 unspecified atom stereocenters. The lowest BCUT2D eigenvalue weighted by molar-refractivity contribution is -0.133. The molecule has 1 saturated heterocycles. The molecule has 0 saturated carbocycles. The molecule has 3 aromatic rings. The Hall–Kier alpha value is -2.67.